The molecule has 62 valence electrons. The van der Waals surface area contributed by atoms with Crippen LogP contribution in [-0.2, 0) is 16.4 Å². The molecule has 0 unspecified atom stereocenters. The summed E-state index contributed by atoms with van der Waals surface area (Å²) in [5, 5.41) is 3.68. The number of nitrogens with zero attached hydrogens (tertiary/aromatic N) is 1. The summed E-state index contributed by atoms with van der Waals surface area (Å²) >= 11 is 0. The SMILES string of the molecule is CCOOCc1cc(C)no1. The summed E-state index contributed by atoms with van der Waals surface area (Å²) in [5.41, 5.74) is 0.847. The molecule has 0 amide bonds. The van der Waals surface area contributed by atoms with E-state index >= 15 is 0 Å². The minimum Gasteiger partial charge on any atom is -0.359 e. The largest absolute Gasteiger partial charge is 0.359 e. The van der Waals surface area contributed by atoms with Gasteiger partial charge >= 0.3 is 0 Å². The van der Waals surface area contributed by atoms with Crippen LogP contribution in [-0.4, -0.2) is 11.8 Å². The zero-order chi connectivity index (χ0) is 8.10. The highest BCUT2D eigenvalue weighted by atomic mass is 17.2. The molecule has 0 spiro atoms. The van der Waals surface area contributed by atoms with Crippen molar-refractivity contribution in [3.63, 3.8) is 0 Å². The summed E-state index contributed by atoms with van der Waals surface area (Å²) in [6.45, 7) is 4.56. The smallest absolute Gasteiger partial charge is 0.165 e. The second-order valence-corrected chi connectivity index (χ2v) is 2.10. The van der Waals surface area contributed by atoms with Gasteiger partial charge < -0.3 is 4.52 Å². The molecule has 0 bridgehead atoms. The number of rotatable bonds is 4. The Balaban J connectivity index is 2.27. The Morgan fingerprint density at radius 1 is 1.55 bits per heavy atom. The van der Waals surface area contributed by atoms with E-state index in [9.17, 15) is 0 Å². The monoisotopic (exact) mass is 157 g/mol. The molecular weight excluding hydrogens is 146 g/mol. The van der Waals surface area contributed by atoms with E-state index in [0.29, 0.717) is 19.0 Å². The van der Waals surface area contributed by atoms with Crippen LogP contribution >= 0.6 is 0 Å². The Morgan fingerprint density at radius 2 is 2.36 bits per heavy atom. The van der Waals surface area contributed by atoms with Crippen LogP contribution in [0.5, 0.6) is 0 Å². The van der Waals surface area contributed by atoms with Gasteiger partial charge in [0.25, 0.3) is 0 Å². The van der Waals surface area contributed by atoms with Gasteiger partial charge in [-0.15, -0.1) is 0 Å². The average molecular weight is 157 g/mol. The van der Waals surface area contributed by atoms with Crippen molar-refractivity contribution in [2.75, 3.05) is 6.61 Å². The zero-order valence-electron chi connectivity index (χ0n) is 6.66. The molecule has 0 saturated heterocycles. The van der Waals surface area contributed by atoms with Gasteiger partial charge in [-0.05, 0) is 13.8 Å². The highest BCUT2D eigenvalue weighted by molar-refractivity contribution is 5.01. The third-order valence-corrected chi connectivity index (χ3v) is 1.08. The summed E-state index contributed by atoms with van der Waals surface area (Å²) < 4.78 is 4.86. The Kier molecular flexibility index (Phi) is 3.07. The van der Waals surface area contributed by atoms with Crippen molar-refractivity contribution < 1.29 is 14.3 Å². The lowest BCUT2D eigenvalue weighted by Gasteiger charge is -1.95. The molecule has 0 aromatic carbocycles. The van der Waals surface area contributed by atoms with E-state index in [1.54, 1.807) is 6.07 Å². The number of hydrogen-bond donors (Lipinski definition) is 0. The fraction of sp³-hybridized carbons (Fsp3) is 0.571. The van der Waals surface area contributed by atoms with Gasteiger partial charge in [-0.1, -0.05) is 5.16 Å². The van der Waals surface area contributed by atoms with Crippen molar-refractivity contribution in [1.82, 2.24) is 5.16 Å². The molecule has 1 heterocycles. The predicted molar refractivity (Wildman–Crippen MR) is 37.7 cm³/mol. The van der Waals surface area contributed by atoms with Crippen LogP contribution in [0.25, 0.3) is 0 Å². The summed E-state index contributed by atoms with van der Waals surface area (Å²) in [5.74, 6) is 0.677. The Morgan fingerprint density at radius 3 is 2.91 bits per heavy atom. The van der Waals surface area contributed by atoms with E-state index in [4.69, 9.17) is 9.41 Å². The maximum absolute atomic E-state index is 4.86. The van der Waals surface area contributed by atoms with E-state index in [0.717, 1.165) is 5.69 Å². The lowest BCUT2D eigenvalue weighted by molar-refractivity contribution is -0.303. The molecule has 0 atom stereocenters. The van der Waals surface area contributed by atoms with E-state index in [1.807, 2.05) is 13.8 Å². The van der Waals surface area contributed by atoms with Gasteiger partial charge in [0.05, 0.1) is 12.3 Å². The van der Waals surface area contributed by atoms with Crippen LogP contribution in [0.2, 0.25) is 0 Å². The van der Waals surface area contributed by atoms with Gasteiger partial charge in [0.2, 0.25) is 0 Å². The van der Waals surface area contributed by atoms with E-state index in [1.165, 1.54) is 0 Å². The predicted octanol–water partition coefficient (Wildman–Crippen LogP) is 1.45. The van der Waals surface area contributed by atoms with E-state index in [2.05, 4.69) is 10.0 Å². The minimum absolute atomic E-state index is 0.314. The molecule has 4 heteroatoms. The Hall–Kier alpha value is -0.870. The maximum atomic E-state index is 4.86. The topological polar surface area (TPSA) is 44.5 Å². The molecule has 1 rings (SSSR count). The van der Waals surface area contributed by atoms with Crippen LogP contribution in [0.1, 0.15) is 18.4 Å². The third kappa shape index (κ3) is 2.69. The molecule has 4 nitrogen and oxygen atoms in total. The van der Waals surface area contributed by atoms with Crippen LogP contribution in [0.4, 0.5) is 0 Å². The van der Waals surface area contributed by atoms with Gasteiger partial charge in [0, 0.05) is 6.07 Å². The van der Waals surface area contributed by atoms with Gasteiger partial charge in [0.1, 0.15) is 6.61 Å². The van der Waals surface area contributed by atoms with E-state index < -0.39 is 0 Å². The van der Waals surface area contributed by atoms with Crippen LogP contribution in [0.3, 0.4) is 0 Å². The van der Waals surface area contributed by atoms with Crippen molar-refractivity contribution in [2.45, 2.75) is 20.5 Å². The molecule has 0 saturated carbocycles. The fourth-order valence-corrected chi connectivity index (χ4v) is 0.667. The highest BCUT2D eigenvalue weighted by Gasteiger charge is 1.99. The number of aromatic nitrogens is 1. The molecule has 0 aliphatic heterocycles. The Labute approximate surface area is 65.0 Å². The lowest BCUT2D eigenvalue weighted by Crippen LogP contribution is -1.92. The quantitative estimate of drug-likeness (QED) is 0.377. The highest BCUT2D eigenvalue weighted by Crippen LogP contribution is 2.03. The molecule has 1 aromatic rings. The molecule has 0 fully saturated rings. The molecule has 0 N–H and O–H groups in total. The average Bonchev–Trinajstić information content (AvgIpc) is 2.37. The molecule has 11 heavy (non-hydrogen) atoms. The van der Waals surface area contributed by atoms with Crippen molar-refractivity contribution in [3.8, 4) is 0 Å². The summed E-state index contributed by atoms with van der Waals surface area (Å²) in [6.07, 6.45) is 0. The number of hydrogen-bond acceptors (Lipinski definition) is 4. The second kappa shape index (κ2) is 4.10. The van der Waals surface area contributed by atoms with E-state index in [-0.39, 0.29) is 0 Å². The van der Waals surface area contributed by atoms with Crippen LogP contribution in [0.15, 0.2) is 10.6 Å². The molecule has 1 aromatic heterocycles. The van der Waals surface area contributed by atoms with Crippen molar-refractivity contribution in [2.24, 2.45) is 0 Å². The van der Waals surface area contributed by atoms with Gasteiger partial charge in [-0.2, -0.15) is 0 Å². The standard InChI is InChI=1S/C7H11NO3/c1-3-9-10-5-7-4-6(2)8-11-7/h4H,3,5H2,1-2H3. The Bertz CT molecular complexity index is 209. The summed E-state index contributed by atoms with van der Waals surface area (Å²) in [4.78, 5) is 9.41. The first-order chi connectivity index (χ1) is 5.33. The van der Waals surface area contributed by atoms with Crippen LogP contribution < -0.4 is 0 Å². The first-order valence-corrected chi connectivity index (χ1v) is 3.49. The fourth-order valence-electron chi connectivity index (χ4n) is 0.667. The van der Waals surface area contributed by atoms with Gasteiger partial charge in [-0.3, -0.25) is 0 Å². The lowest BCUT2D eigenvalue weighted by atomic mass is 10.4. The maximum Gasteiger partial charge on any atom is 0.165 e. The van der Waals surface area contributed by atoms with Crippen molar-refractivity contribution in [3.05, 3.63) is 17.5 Å². The van der Waals surface area contributed by atoms with Crippen LogP contribution in [0, 0.1) is 6.92 Å². The normalized spacial score (nSPS) is 10.4. The summed E-state index contributed by atoms with van der Waals surface area (Å²) in [7, 11) is 0. The molecule has 0 aliphatic rings. The van der Waals surface area contributed by atoms with Gasteiger partial charge in [-0.25, -0.2) is 9.78 Å². The van der Waals surface area contributed by atoms with Gasteiger partial charge in [0.15, 0.2) is 5.76 Å². The third-order valence-electron chi connectivity index (χ3n) is 1.08. The molecular formula is C7H11NO3. The van der Waals surface area contributed by atoms with Crippen molar-refractivity contribution in [1.29, 1.82) is 0 Å². The van der Waals surface area contributed by atoms with Crippen molar-refractivity contribution >= 4 is 0 Å². The minimum atomic E-state index is 0.314. The molecule has 0 radical (unpaired) electrons. The second-order valence-electron chi connectivity index (χ2n) is 2.10. The first kappa shape index (κ1) is 8.23. The summed E-state index contributed by atoms with van der Waals surface area (Å²) in [6, 6.07) is 1.80. The number of aryl methyl sites for hydroxylation is 1. The molecule has 0 aliphatic carbocycles. The zero-order valence-corrected chi connectivity index (χ0v) is 6.66. The first-order valence-electron chi connectivity index (χ1n) is 3.49.